The lowest BCUT2D eigenvalue weighted by Gasteiger charge is -2.09. The van der Waals surface area contributed by atoms with Crippen molar-refractivity contribution in [2.24, 2.45) is 0 Å². The second kappa shape index (κ2) is 6.84. The number of rotatable bonds is 4. The van der Waals surface area contributed by atoms with Crippen molar-refractivity contribution in [2.45, 2.75) is 13.8 Å². The van der Waals surface area contributed by atoms with Crippen molar-refractivity contribution in [2.75, 3.05) is 6.61 Å². The van der Waals surface area contributed by atoms with Crippen molar-refractivity contribution < 1.29 is 13.9 Å². The summed E-state index contributed by atoms with van der Waals surface area (Å²) in [5, 5.41) is 0. The van der Waals surface area contributed by atoms with Crippen LogP contribution in [0.4, 0.5) is 4.39 Å². The zero-order valence-electron chi connectivity index (χ0n) is 12.1. The van der Waals surface area contributed by atoms with E-state index in [1.54, 1.807) is 19.1 Å². The van der Waals surface area contributed by atoms with E-state index in [1.807, 2.05) is 31.2 Å². The molecule has 0 saturated heterocycles. The molecule has 0 spiro atoms. The topological polar surface area (TPSA) is 26.3 Å². The van der Waals surface area contributed by atoms with E-state index in [-0.39, 0.29) is 5.82 Å². The summed E-state index contributed by atoms with van der Waals surface area (Å²) in [6, 6.07) is 13.9. The molecule has 0 saturated carbocycles. The summed E-state index contributed by atoms with van der Waals surface area (Å²) in [6.45, 7) is 4.04. The highest BCUT2D eigenvalue weighted by Gasteiger charge is 2.09. The van der Waals surface area contributed by atoms with E-state index >= 15 is 0 Å². The maximum Gasteiger partial charge on any atom is 0.331 e. The maximum absolute atomic E-state index is 13.4. The highest BCUT2D eigenvalue weighted by atomic mass is 19.1. The largest absolute Gasteiger partial charge is 0.463 e. The fourth-order valence-electron chi connectivity index (χ4n) is 2.02. The van der Waals surface area contributed by atoms with Gasteiger partial charge in [-0.05, 0) is 42.7 Å². The third kappa shape index (κ3) is 4.02. The zero-order valence-corrected chi connectivity index (χ0v) is 12.1. The van der Waals surface area contributed by atoms with Crippen LogP contribution >= 0.6 is 0 Å². The lowest BCUT2D eigenvalue weighted by Crippen LogP contribution is -2.02. The highest BCUT2D eigenvalue weighted by Crippen LogP contribution is 2.24. The van der Waals surface area contributed by atoms with Crippen molar-refractivity contribution >= 4 is 11.5 Å². The van der Waals surface area contributed by atoms with Gasteiger partial charge in [0.1, 0.15) is 5.82 Å². The minimum absolute atomic E-state index is 0.305. The van der Waals surface area contributed by atoms with Crippen LogP contribution in [-0.4, -0.2) is 12.6 Å². The number of esters is 1. The average molecular weight is 284 g/mol. The van der Waals surface area contributed by atoms with E-state index in [1.165, 1.54) is 18.2 Å². The van der Waals surface area contributed by atoms with Gasteiger partial charge in [0.15, 0.2) is 0 Å². The van der Waals surface area contributed by atoms with Crippen molar-refractivity contribution in [3.63, 3.8) is 0 Å². The minimum Gasteiger partial charge on any atom is -0.463 e. The van der Waals surface area contributed by atoms with Crippen LogP contribution in [0.2, 0.25) is 0 Å². The molecule has 0 aliphatic carbocycles. The van der Waals surface area contributed by atoms with E-state index in [2.05, 4.69) is 0 Å². The Morgan fingerprint density at radius 1 is 1.14 bits per heavy atom. The molecule has 0 amide bonds. The number of benzene rings is 2. The van der Waals surface area contributed by atoms with Gasteiger partial charge in [-0.25, -0.2) is 9.18 Å². The Hall–Kier alpha value is -2.42. The molecular formula is C18H17FO2. The second-order valence-electron chi connectivity index (χ2n) is 4.69. The van der Waals surface area contributed by atoms with Gasteiger partial charge in [-0.3, -0.25) is 0 Å². The molecule has 3 heteroatoms. The Balaban J connectivity index is 2.49. The van der Waals surface area contributed by atoms with Crippen molar-refractivity contribution in [1.82, 2.24) is 0 Å². The molecule has 2 rings (SSSR count). The van der Waals surface area contributed by atoms with Crippen LogP contribution in [-0.2, 0) is 9.53 Å². The van der Waals surface area contributed by atoms with E-state index < -0.39 is 5.97 Å². The SMILES string of the molecule is CCOC(=O)/C=C(/c1ccc(C)cc1)c1cccc(F)c1. The first-order valence-corrected chi connectivity index (χ1v) is 6.81. The molecule has 0 aliphatic rings. The van der Waals surface area contributed by atoms with Crippen LogP contribution in [0.15, 0.2) is 54.6 Å². The third-order valence-electron chi connectivity index (χ3n) is 3.05. The van der Waals surface area contributed by atoms with E-state index in [9.17, 15) is 9.18 Å². The first kappa shape index (κ1) is 15.0. The normalized spacial score (nSPS) is 11.3. The zero-order chi connectivity index (χ0) is 15.2. The third-order valence-corrected chi connectivity index (χ3v) is 3.05. The lowest BCUT2D eigenvalue weighted by atomic mass is 9.96. The Morgan fingerprint density at radius 3 is 2.48 bits per heavy atom. The van der Waals surface area contributed by atoms with Crippen LogP contribution in [0.5, 0.6) is 0 Å². The van der Waals surface area contributed by atoms with Gasteiger partial charge < -0.3 is 4.74 Å². The molecule has 0 aromatic heterocycles. The monoisotopic (exact) mass is 284 g/mol. The van der Waals surface area contributed by atoms with Crippen LogP contribution in [0.1, 0.15) is 23.6 Å². The van der Waals surface area contributed by atoms with Crippen molar-refractivity contribution in [3.8, 4) is 0 Å². The molecular weight excluding hydrogens is 267 g/mol. The van der Waals surface area contributed by atoms with Gasteiger partial charge >= 0.3 is 5.97 Å². The lowest BCUT2D eigenvalue weighted by molar-refractivity contribution is -0.137. The number of aryl methyl sites for hydroxylation is 1. The van der Waals surface area contributed by atoms with Gasteiger partial charge in [0.2, 0.25) is 0 Å². The summed E-state index contributed by atoms with van der Waals surface area (Å²) in [4.78, 5) is 11.8. The number of ether oxygens (including phenoxy) is 1. The second-order valence-corrected chi connectivity index (χ2v) is 4.69. The van der Waals surface area contributed by atoms with Gasteiger partial charge in [-0.1, -0.05) is 42.0 Å². The quantitative estimate of drug-likeness (QED) is 0.623. The predicted octanol–water partition coefficient (Wildman–Crippen LogP) is 4.13. The molecule has 0 fully saturated rings. The highest BCUT2D eigenvalue weighted by molar-refractivity contribution is 5.96. The molecule has 0 bridgehead atoms. The van der Waals surface area contributed by atoms with Gasteiger partial charge in [-0.2, -0.15) is 0 Å². The fourth-order valence-corrected chi connectivity index (χ4v) is 2.02. The number of halogens is 1. The summed E-state index contributed by atoms with van der Waals surface area (Å²) in [7, 11) is 0. The molecule has 0 atom stereocenters. The van der Waals surface area contributed by atoms with Gasteiger partial charge in [-0.15, -0.1) is 0 Å². The Morgan fingerprint density at radius 2 is 1.86 bits per heavy atom. The molecule has 0 N–H and O–H groups in total. The Bertz CT molecular complexity index is 657. The number of carbonyl (C=O) groups is 1. The Labute approximate surface area is 123 Å². The van der Waals surface area contributed by atoms with Crippen molar-refractivity contribution in [1.29, 1.82) is 0 Å². The molecule has 2 nitrogen and oxygen atoms in total. The summed E-state index contributed by atoms with van der Waals surface area (Å²) < 4.78 is 18.4. The number of carbonyl (C=O) groups excluding carboxylic acids is 1. The van der Waals surface area contributed by atoms with Crippen LogP contribution in [0.3, 0.4) is 0 Å². The molecule has 21 heavy (non-hydrogen) atoms. The molecule has 108 valence electrons. The van der Waals surface area contributed by atoms with E-state index in [4.69, 9.17) is 4.74 Å². The van der Waals surface area contributed by atoms with Crippen LogP contribution < -0.4 is 0 Å². The average Bonchev–Trinajstić information content (AvgIpc) is 2.46. The molecule has 0 radical (unpaired) electrons. The molecule has 0 unspecified atom stereocenters. The fraction of sp³-hybridized carbons (Fsp3) is 0.167. The minimum atomic E-state index is -0.433. The standard InChI is InChI=1S/C18H17FO2/c1-3-21-18(20)12-17(14-9-7-13(2)8-10-14)15-5-4-6-16(19)11-15/h4-12H,3H2,1-2H3/b17-12-. The molecule has 0 aliphatic heterocycles. The van der Waals surface area contributed by atoms with Gasteiger partial charge in [0.25, 0.3) is 0 Å². The van der Waals surface area contributed by atoms with E-state index in [0.717, 1.165) is 11.1 Å². The van der Waals surface area contributed by atoms with Crippen molar-refractivity contribution in [3.05, 3.63) is 77.1 Å². The molecule has 2 aromatic rings. The van der Waals surface area contributed by atoms with E-state index in [0.29, 0.717) is 17.7 Å². The van der Waals surface area contributed by atoms with Crippen LogP contribution in [0, 0.1) is 12.7 Å². The number of hydrogen-bond donors (Lipinski definition) is 0. The molecule has 0 heterocycles. The summed E-state index contributed by atoms with van der Waals surface area (Å²) in [5.74, 6) is -0.772. The Kier molecular flexibility index (Phi) is 4.88. The number of hydrogen-bond acceptors (Lipinski definition) is 2. The summed E-state index contributed by atoms with van der Waals surface area (Å²) in [5.41, 5.74) is 3.26. The maximum atomic E-state index is 13.4. The van der Waals surface area contributed by atoms with Crippen LogP contribution in [0.25, 0.3) is 5.57 Å². The smallest absolute Gasteiger partial charge is 0.331 e. The molecule has 2 aromatic carbocycles. The van der Waals surface area contributed by atoms with Gasteiger partial charge in [0, 0.05) is 6.08 Å². The van der Waals surface area contributed by atoms with Gasteiger partial charge in [0.05, 0.1) is 6.61 Å². The predicted molar refractivity (Wildman–Crippen MR) is 81.3 cm³/mol. The summed E-state index contributed by atoms with van der Waals surface area (Å²) >= 11 is 0. The summed E-state index contributed by atoms with van der Waals surface area (Å²) in [6.07, 6.45) is 1.41. The first-order valence-electron chi connectivity index (χ1n) is 6.81. The first-order chi connectivity index (χ1) is 10.1.